The summed E-state index contributed by atoms with van der Waals surface area (Å²) in [6, 6.07) is 3.40. The highest BCUT2D eigenvalue weighted by atomic mass is 35.5. The Balaban J connectivity index is 3.06. The van der Waals surface area contributed by atoms with E-state index in [1.165, 1.54) is 25.1 Å². The maximum Gasteiger partial charge on any atom is 0.337 e. The molecule has 0 aromatic heterocycles. The molecule has 0 heterocycles. The monoisotopic (exact) mass is 242 g/mol. The molecule has 1 unspecified atom stereocenters. The number of benzene rings is 1. The molecule has 0 saturated carbocycles. The number of hydrogen-bond acceptors (Lipinski definition) is 3. The van der Waals surface area contributed by atoms with Crippen molar-refractivity contribution in [2.75, 3.05) is 5.32 Å². The van der Waals surface area contributed by atoms with Crippen molar-refractivity contribution in [1.29, 1.82) is 0 Å². The third-order valence-corrected chi connectivity index (χ3v) is 2.12. The lowest BCUT2D eigenvalue weighted by Crippen LogP contribution is -2.33. The average Bonchev–Trinajstić information content (AvgIpc) is 2.16. The molecular weight excluding hydrogens is 232 g/mol. The summed E-state index contributed by atoms with van der Waals surface area (Å²) in [4.78, 5) is 22.2. The van der Waals surface area contributed by atoms with Gasteiger partial charge < -0.3 is 16.2 Å². The molecule has 6 heteroatoms. The van der Waals surface area contributed by atoms with Gasteiger partial charge in [0.2, 0.25) is 5.91 Å². The molecule has 0 spiro atoms. The number of carboxylic acids is 1. The molecule has 0 radical (unpaired) electrons. The molecule has 5 nitrogen and oxygen atoms in total. The fourth-order valence-electron chi connectivity index (χ4n) is 1.05. The molecule has 1 aromatic rings. The second-order valence-corrected chi connectivity index (χ2v) is 3.71. The lowest BCUT2D eigenvalue weighted by atomic mass is 10.1. The molecule has 0 bridgehead atoms. The molecule has 0 saturated heterocycles. The number of carboxylic acid groups (broad SMARTS) is 1. The van der Waals surface area contributed by atoms with Gasteiger partial charge in [-0.25, -0.2) is 4.79 Å². The van der Waals surface area contributed by atoms with E-state index in [9.17, 15) is 9.59 Å². The fourth-order valence-corrected chi connectivity index (χ4v) is 1.23. The number of nitrogens with one attached hydrogen (secondary N) is 1. The number of amides is 1. The SMILES string of the molecule is CC(N)C(=O)Nc1cc(Cl)ccc1C(=O)O. The number of rotatable bonds is 3. The summed E-state index contributed by atoms with van der Waals surface area (Å²) in [6.07, 6.45) is 0. The van der Waals surface area contributed by atoms with E-state index in [0.717, 1.165) is 0 Å². The van der Waals surface area contributed by atoms with Gasteiger partial charge in [0.05, 0.1) is 17.3 Å². The zero-order valence-corrected chi connectivity index (χ0v) is 9.28. The highest BCUT2D eigenvalue weighted by Crippen LogP contribution is 2.21. The Hall–Kier alpha value is -1.59. The summed E-state index contributed by atoms with van der Waals surface area (Å²) in [5.41, 5.74) is 5.47. The van der Waals surface area contributed by atoms with Crippen molar-refractivity contribution in [2.24, 2.45) is 5.73 Å². The van der Waals surface area contributed by atoms with Crippen molar-refractivity contribution in [1.82, 2.24) is 0 Å². The van der Waals surface area contributed by atoms with Crippen LogP contribution in [0.1, 0.15) is 17.3 Å². The van der Waals surface area contributed by atoms with E-state index in [-0.39, 0.29) is 11.3 Å². The minimum Gasteiger partial charge on any atom is -0.478 e. The normalized spacial score (nSPS) is 11.9. The molecule has 86 valence electrons. The van der Waals surface area contributed by atoms with Gasteiger partial charge in [0.25, 0.3) is 0 Å². The average molecular weight is 243 g/mol. The van der Waals surface area contributed by atoms with Crippen LogP contribution in [0.3, 0.4) is 0 Å². The highest BCUT2D eigenvalue weighted by molar-refractivity contribution is 6.31. The third kappa shape index (κ3) is 2.95. The van der Waals surface area contributed by atoms with Crippen LogP contribution in [0.2, 0.25) is 5.02 Å². The molecule has 1 atom stereocenters. The van der Waals surface area contributed by atoms with Gasteiger partial charge in [-0.15, -0.1) is 0 Å². The molecule has 0 aliphatic rings. The predicted molar refractivity (Wildman–Crippen MR) is 60.7 cm³/mol. The first-order chi connectivity index (χ1) is 7.41. The Labute approximate surface area is 97.2 Å². The number of hydrogen-bond donors (Lipinski definition) is 3. The van der Waals surface area contributed by atoms with Crippen LogP contribution in [0, 0.1) is 0 Å². The van der Waals surface area contributed by atoms with Crippen molar-refractivity contribution in [3.05, 3.63) is 28.8 Å². The number of carbonyl (C=O) groups is 2. The van der Waals surface area contributed by atoms with Crippen LogP contribution in [0.5, 0.6) is 0 Å². The van der Waals surface area contributed by atoms with Gasteiger partial charge in [-0.1, -0.05) is 11.6 Å². The van der Waals surface area contributed by atoms with E-state index in [2.05, 4.69) is 5.32 Å². The van der Waals surface area contributed by atoms with Gasteiger partial charge in [-0.2, -0.15) is 0 Å². The molecule has 1 aromatic carbocycles. The van der Waals surface area contributed by atoms with Crippen LogP contribution in [-0.4, -0.2) is 23.0 Å². The number of anilines is 1. The number of carbonyl (C=O) groups excluding carboxylic acids is 1. The minimum atomic E-state index is -1.14. The molecule has 0 aliphatic carbocycles. The maximum atomic E-state index is 11.3. The third-order valence-electron chi connectivity index (χ3n) is 1.88. The van der Waals surface area contributed by atoms with Crippen LogP contribution in [0.4, 0.5) is 5.69 Å². The predicted octanol–water partition coefficient (Wildman–Crippen LogP) is 1.32. The zero-order valence-electron chi connectivity index (χ0n) is 8.53. The number of nitrogens with two attached hydrogens (primary N) is 1. The topological polar surface area (TPSA) is 92.4 Å². The van der Waals surface area contributed by atoms with Crippen LogP contribution < -0.4 is 11.1 Å². The molecule has 1 amide bonds. The Morgan fingerprint density at radius 1 is 1.50 bits per heavy atom. The number of aromatic carboxylic acids is 1. The van der Waals surface area contributed by atoms with Crippen LogP contribution in [0.15, 0.2) is 18.2 Å². The number of halogens is 1. The quantitative estimate of drug-likeness (QED) is 0.745. The van der Waals surface area contributed by atoms with E-state index < -0.39 is 17.9 Å². The van der Waals surface area contributed by atoms with Gasteiger partial charge in [0, 0.05) is 5.02 Å². The molecular formula is C10H11ClN2O3. The largest absolute Gasteiger partial charge is 0.478 e. The van der Waals surface area contributed by atoms with Gasteiger partial charge in [0.15, 0.2) is 0 Å². The standard InChI is InChI=1S/C10H11ClN2O3/c1-5(12)9(14)13-8-4-6(11)2-3-7(8)10(15)16/h2-5H,12H2,1H3,(H,13,14)(H,15,16). The van der Waals surface area contributed by atoms with E-state index in [0.29, 0.717) is 5.02 Å². The fraction of sp³-hybridized carbons (Fsp3) is 0.200. The summed E-state index contributed by atoms with van der Waals surface area (Å²) in [5, 5.41) is 11.6. The van der Waals surface area contributed by atoms with E-state index in [1.54, 1.807) is 0 Å². The van der Waals surface area contributed by atoms with Crippen LogP contribution >= 0.6 is 11.6 Å². The first-order valence-electron chi connectivity index (χ1n) is 4.51. The first-order valence-corrected chi connectivity index (χ1v) is 4.89. The molecule has 0 aliphatic heterocycles. The van der Waals surface area contributed by atoms with Crippen molar-refractivity contribution >= 4 is 29.2 Å². The summed E-state index contributed by atoms with van der Waals surface area (Å²) in [5.74, 6) is -1.61. The van der Waals surface area contributed by atoms with Gasteiger partial charge in [-0.3, -0.25) is 4.79 Å². The lowest BCUT2D eigenvalue weighted by Gasteiger charge is -2.10. The summed E-state index contributed by atoms with van der Waals surface area (Å²) in [6.45, 7) is 1.50. The highest BCUT2D eigenvalue weighted by Gasteiger charge is 2.14. The Kier molecular flexibility index (Phi) is 3.87. The Morgan fingerprint density at radius 3 is 2.62 bits per heavy atom. The van der Waals surface area contributed by atoms with Gasteiger partial charge >= 0.3 is 5.97 Å². The summed E-state index contributed by atoms with van der Waals surface area (Å²) in [7, 11) is 0. The Morgan fingerprint density at radius 2 is 2.12 bits per heavy atom. The van der Waals surface area contributed by atoms with E-state index in [4.69, 9.17) is 22.4 Å². The smallest absolute Gasteiger partial charge is 0.337 e. The van der Waals surface area contributed by atoms with Crippen LogP contribution in [0.25, 0.3) is 0 Å². The second kappa shape index (κ2) is 4.96. The first kappa shape index (κ1) is 12.5. The van der Waals surface area contributed by atoms with Gasteiger partial charge in [0.1, 0.15) is 0 Å². The maximum absolute atomic E-state index is 11.3. The second-order valence-electron chi connectivity index (χ2n) is 3.27. The molecule has 0 fully saturated rings. The molecule has 16 heavy (non-hydrogen) atoms. The minimum absolute atomic E-state index is 0.0293. The van der Waals surface area contributed by atoms with Crippen molar-refractivity contribution in [2.45, 2.75) is 13.0 Å². The Bertz CT molecular complexity index is 432. The van der Waals surface area contributed by atoms with E-state index >= 15 is 0 Å². The lowest BCUT2D eigenvalue weighted by molar-refractivity contribution is -0.117. The zero-order chi connectivity index (χ0) is 12.3. The van der Waals surface area contributed by atoms with E-state index in [1.807, 2.05) is 0 Å². The van der Waals surface area contributed by atoms with Gasteiger partial charge in [-0.05, 0) is 25.1 Å². The summed E-state index contributed by atoms with van der Waals surface area (Å²) < 4.78 is 0. The molecule has 1 rings (SSSR count). The van der Waals surface area contributed by atoms with Crippen LogP contribution in [-0.2, 0) is 4.79 Å². The molecule has 4 N–H and O–H groups in total. The summed E-state index contributed by atoms with van der Waals surface area (Å²) >= 11 is 5.71. The van der Waals surface area contributed by atoms with Crippen molar-refractivity contribution in [3.63, 3.8) is 0 Å². The van der Waals surface area contributed by atoms with Crippen molar-refractivity contribution < 1.29 is 14.7 Å². The van der Waals surface area contributed by atoms with Crippen molar-refractivity contribution in [3.8, 4) is 0 Å².